The molecule has 6 atom stereocenters. The number of hydrogen-bond acceptors (Lipinski definition) is 7. The molecule has 0 radical (unpaired) electrons. The monoisotopic (exact) mass is 637 g/mol. The van der Waals surface area contributed by atoms with Crippen LogP contribution in [0.15, 0.2) is 0 Å². The van der Waals surface area contributed by atoms with E-state index in [1.165, 1.54) is 6.92 Å². The molecule has 1 aliphatic heterocycles. The summed E-state index contributed by atoms with van der Waals surface area (Å²) in [6.07, 6.45) is 4.46. The molecule has 0 aliphatic carbocycles. The predicted octanol–water partition coefficient (Wildman–Crippen LogP) is 2.73. The standard InChI is InChI=1S/C33H59N5O7/c1-10-11-12-13-14-22(8)26-17-27(39)34-18-28(40)38-29(21(6)7)32(43)36-24(15-19(2)3)31(42)35-23(9)30(41)37-25(16-20(4)5)33(44)45-26/h19-26,29H,10-18H2,1-9H3,(H,34,39)(H,35,42)(H,36,43)(H,37,41)(H,38,40)/t22-,23-,24+,25?,26-,29?/m0/s1. The van der Waals surface area contributed by atoms with Crippen LogP contribution in [0.1, 0.15) is 114 Å². The lowest BCUT2D eigenvalue weighted by molar-refractivity contribution is -0.157. The van der Waals surface area contributed by atoms with Crippen LogP contribution in [-0.4, -0.2) is 72.3 Å². The average Bonchev–Trinajstić information content (AvgIpc) is 2.94. The van der Waals surface area contributed by atoms with Crippen LogP contribution >= 0.6 is 0 Å². The zero-order valence-electron chi connectivity index (χ0n) is 28.9. The van der Waals surface area contributed by atoms with E-state index < -0.39 is 65.8 Å². The van der Waals surface area contributed by atoms with Crippen molar-refractivity contribution in [2.75, 3.05) is 6.54 Å². The minimum atomic E-state index is -1.02. The zero-order chi connectivity index (χ0) is 34.3. The highest BCUT2D eigenvalue weighted by Gasteiger charge is 2.34. The van der Waals surface area contributed by atoms with Gasteiger partial charge in [-0.2, -0.15) is 0 Å². The number of ether oxygens (including phenoxy) is 1. The van der Waals surface area contributed by atoms with E-state index in [2.05, 4.69) is 33.5 Å². The molecule has 1 heterocycles. The Bertz CT molecular complexity index is 1000. The quantitative estimate of drug-likeness (QED) is 0.171. The SMILES string of the molecule is CCCCCC[C@H](C)[C@@H]1CC(=O)NCC(=O)NC(C(C)C)C(=O)N[C@H](CC(C)C)C(=O)N[C@@H](C)C(=O)NC(CC(C)C)C(=O)O1. The van der Waals surface area contributed by atoms with Crippen molar-refractivity contribution in [2.24, 2.45) is 23.7 Å². The Labute approximate surface area is 269 Å². The summed E-state index contributed by atoms with van der Waals surface area (Å²) < 4.78 is 5.92. The van der Waals surface area contributed by atoms with Gasteiger partial charge in [-0.05, 0) is 49.9 Å². The lowest BCUT2D eigenvalue weighted by Crippen LogP contribution is -2.58. The van der Waals surface area contributed by atoms with Crippen LogP contribution in [0.5, 0.6) is 0 Å². The summed E-state index contributed by atoms with van der Waals surface area (Å²) in [5, 5.41) is 13.4. The highest BCUT2D eigenvalue weighted by Crippen LogP contribution is 2.21. The Hall–Kier alpha value is -3.18. The molecule has 0 bridgehead atoms. The van der Waals surface area contributed by atoms with Crippen LogP contribution in [0.3, 0.4) is 0 Å². The van der Waals surface area contributed by atoms with E-state index in [1.807, 2.05) is 34.6 Å². The van der Waals surface area contributed by atoms with E-state index in [4.69, 9.17) is 4.74 Å². The Balaban J connectivity index is 3.41. The van der Waals surface area contributed by atoms with Crippen LogP contribution in [0.25, 0.3) is 0 Å². The van der Waals surface area contributed by atoms with E-state index in [0.717, 1.165) is 32.1 Å². The fourth-order valence-electron chi connectivity index (χ4n) is 5.19. The van der Waals surface area contributed by atoms with E-state index in [0.29, 0.717) is 6.42 Å². The van der Waals surface area contributed by atoms with Crippen molar-refractivity contribution in [1.82, 2.24) is 26.6 Å². The summed E-state index contributed by atoms with van der Waals surface area (Å²) >= 11 is 0. The molecule has 0 spiro atoms. The van der Waals surface area contributed by atoms with E-state index in [1.54, 1.807) is 13.8 Å². The number of carbonyl (C=O) groups excluding carboxylic acids is 6. The molecule has 1 aliphatic rings. The molecule has 258 valence electrons. The van der Waals surface area contributed by atoms with Gasteiger partial charge < -0.3 is 31.3 Å². The molecule has 12 heteroatoms. The third-order valence-electron chi connectivity index (χ3n) is 7.91. The Kier molecular flexibility index (Phi) is 17.8. The number of cyclic esters (lactones) is 1. The molecule has 45 heavy (non-hydrogen) atoms. The smallest absolute Gasteiger partial charge is 0.328 e. The van der Waals surface area contributed by atoms with Crippen molar-refractivity contribution in [2.45, 2.75) is 144 Å². The normalized spacial score (nSPS) is 25.7. The lowest BCUT2D eigenvalue weighted by atomic mass is 9.94. The summed E-state index contributed by atoms with van der Waals surface area (Å²) in [6.45, 7) is 16.3. The fourth-order valence-corrected chi connectivity index (χ4v) is 5.19. The molecule has 0 aromatic heterocycles. The highest BCUT2D eigenvalue weighted by atomic mass is 16.5. The second-order valence-corrected chi connectivity index (χ2v) is 13.7. The molecular formula is C33H59N5O7. The van der Waals surface area contributed by atoms with Gasteiger partial charge >= 0.3 is 5.97 Å². The largest absolute Gasteiger partial charge is 0.460 e. The third-order valence-corrected chi connectivity index (χ3v) is 7.91. The topological polar surface area (TPSA) is 172 Å². The number of unbranched alkanes of at least 4 members (excludes halogenated alkanes) is 3. The first kappa shape index (κ1) is 39.8. The van der Waals surface area contributed by atoms with Crippen molar-refractivity contribution in [3.05, 3.63) is 0 Å². The van der Waals surface area contributed by atoms with E-state index in [9.17, 15) is 28.8 Å². The molecule has 5 amide bonds. The second-order valence-electron chi connectivity index (χ2n) is 13.7. The Morgan fingerprint density at radius 3 is 1.89 bits per heavy atom. The number of rotatable bonds is 11. The maximum Gasteiger partial charge on any atom is 0.328 e. The Morgan fingerprint density at radius 2 is 1.31 bits per heavy atom. The number of amides is 5. The predicted molar refractivity (Wildman–Crippen MR) is 173 cm³/mol. The average molecular weight is 638 g/mol. The molecule has 1 saturated heterocycles. The lowest BCUT2D eigenvalue weighted by Gasteiger charge is -2.28. The summed E-state index contributed by atoms with van der Waals surface area (Å²) in [7, 11) is 0. The van der Waals surface area contributed by atoms with Gasteiger partial charge in [0.25, 0.3) is 0 Å². The van der Waals surface area contributed by atoms with Crippen LogP contribution < -0.4 is 26.6 Å². The van der Waals surface area contributed by atoms with Gasteiger partial charge in [-0.3, -0.25) is 24.0 Å². The van der Waals surface area contributed by atoms with Gasteiger partial charge in [0, 0.05) is 0 Å². The highest BCUT2D eigenvalue weighted by molar-refractivity contribution is 5.95. The summed E-state index contributed by atoms with van der Waals surface area (Å²) in [4.78, 5) is 79.2. The van der Waals surface area contributed by atoms with Crippen molar-refractivity contribution >= 4 is 35.5 Å². The summed E-state index contributed by atoms with van der Waals surface area (Å²) in [6, 6.07) is -3.95. The van der Waals surface area contributed by atoms with E-state index >= 15 is 0 Å². The van der Waals surface area contributed by atoms with Crippen molar-refractivity contribution in [3.63, 3.8) is 0 Å². The number of esters is 1. The summed E-state index contributed by atoms with van der Waals surface area (Å²) in [5.41, 5.74) is 0. The first-order valence-electron chi connectivity index (χ1n) is 16.7. The number of carbonyl (C=O) groups is 6. The minimum Gasteiger partial charge on any atom is -0.460 e. The number of hydrogen-bond donors (Lipinski definition) is 5. The van der Waals surface area contributed by atoms with Gasteiger partial charge in [0.2, 0.25) is 29.5 Å². The molecule has 5 N–H and O–H groups in total. The van der Waals surface area contributed by atoms with Crippen molar-refractivity contribution in [1.29, 1.82) is 0 Å². The third kappa shape index (κ3) is 15.1. The summed E-state index contributed by atoms with van der Waals surface area (Å²) in [5.74, 6) is -3.80. The molecule has 12 nitrogen and oxygen atoms in total. The number of nitrogens with one attached hydrogen (secondary N) is 5. The molecule has 0 saturated carbocycles. The molecule has 0 aromatic rings. The molecular weight excluding hydrogens is 578 g/mol. The Morgan fingerprint density at radius 1 is 0.711 bits per heavy atom. The minimum absolute atomic E-state index is 0.0284. The van der Waals surface area contributed by atoms with Gasteiger partial charge in [-0.1, -0.05) is 81.1 Å². The molecule has 1 fully saturated rings. The molecule has 2 unspecified atom stereocenters. The van der Waals surface area contributed by atoms with Gasteiger partial charge in [0.15, 0.2) is 0 Å². The zero-order valence-corrected chi connectivity index (χ0v) is 28.9. The fraction of sp³-hybridized carbons (Fsp3) is 0.818. The maximum atomic E-state index is 13.5. The van der Waals surface area contributed by atoms with Gasteiger partial charge in [-0.25, -0.2) is 4.79 Å². The van der Waals surface area contributed by atoms with E-state index in [-0.39, 0.29) is 43.1 Å². The van der Waals surface area contributed by atoms with Crippen LogP contribution in [0.4, 0.5) is 0 Å². The molecule has 1 rings (SSSR count). The second kappa shape index (κ2) is 20.0. The molecule has 0 aromatic carbocycles. The van der Waals surface area contributed by atoms with Crippen LogP contribution in [0, 0.1) is 23.7 Å². The van der Waals surface area contributed by atoms with Gasteiger partial charge in [-0.15, -0.1) is 0 Å². The van der Waals surface area contributed by atoms with Gasteiger partial charge in [0.05, 0.1) is 13.0 Å². The first-order valence-corrected chi connectivity index (χ1v) is 16.7. The van der Waals surface area contributed by atoms with Crippen molar-refractivity contribution < 1.29 is 33.5 Å². The van der Waals surface area contributed by atoms with Crippen LogP contribution in [0.2, 0.25) is 0 Å². The van der Waals surface area contributed by atoms with Crippen molar-refractivity contribution in [3.8, 4) is 0 Å². The van der Waals surface area contributed by atoms with Gasteiger partial charge in [0.1, 0.15) is 30.3 Å². The first-order chi connectivity index (χ1) is 21.0. The van der Waals surface area contributed by atoms with Crippen LogP contribution in [-0.2, 0) is 33.5 Å². The maximum absolute atomic E-state index is 13.5.